The number of aldehydes is 1. The molecule has 3 nitrogen and oxygen atoms in total. The summed E-state index contributed by atoms with van der Waals surface area (Å²) >= 11 is 0. The average Bonchev–Trinajstić information content (AvgIpc) is 2.48. The van der Waals surface area contributed by atoms with Gasteiger partial charge in [-0.05, 0) is 42.8 Å². The van der Waals surface area contributed by atoms with Crippen molar-refractivity contribution < 1.29 is 14.3 Å². The molecule has 0 aliphatic rings. The number of carbonyl (C=O) groups is 1. The molecule has 100 valence electrons. The van der Waals surface area contributed by atoms with E-state index in [1.165, 1.54) is 5.56 Å². The fourth-order valence-corrected chi connectivity index (χ4v) is 1.47. The van der Waals surface area contributed by atoms with Crippen molar-refractivity contribution in [1.29, 1.82) is 0 Å². The number of benzene rings is 2. The van der Waals surface area contributed by atoms with Gasteiger partial charge in [0.15, 0.2) is 0 Å². The zero-order valence-corrected chi connectivity index (χ0v) is 11.4. The van der Waals surface area contributed by atoms with Crippen LogP contribution in [0.1, 0.15) is 15.9 Å². The molecule has 0 aliphatic heterocycles. The van der Waals surface area contributed by atoms with Crippen LogP contribution in [0.5, 0.6) is 11.5 Å². The maximum Gasteiger partial charge on any atom is 0.150 e. The van der Waals surface area contributed by atoms with Crippen LogP contribution in [0.2, 0.25) is 0 Å². The Bertz CT molecular complexity index is 504. The molecule has 0 N–H and O–H groups in total. The van der Waals surface area contributed by atoms with Gasteiger partial charge in [-0.3, -0.25) is 4.79 Å². The summed E-state index contributed by atoms with van der Waals surface area (Å²) in [6, 6.07) is 14.9. The molecule has 2 aromatic carbocycles. The lowest BCUT2D eigenvalue weighted by Gasteiger charge is -2.00. The van der Waals surface area contributed by atoms with Gasteiger partial charge in [-0.25, -0.2) is 0 Å². The molecule has 0 aromatic heterocycles. The molecular formula is C16H18O3. The highest BCUT2D eigenvalue weighted by molar-refractivity contribution is 5.74. The number of methoxy groups -OCH3 is 2. The minimum Gasteiger partial charge on any atom is -0.497 e. The summed E-state index contributed by atoms with van der Waals surface area (Å²) in [6.45, 7) is 2.03. The fraction of sp³-hybridized carbons (Fsp3) is 0.188. The maximum atomic E-state index is 10.2. The van der Waals surface area contributed by atoms with Gasteiger partial charge in [0.25, 0.3) is 0 Å². The van der Waals surface area contributed by atoms with Crippen molar-refractivity contribution in [2.45, 2.75) is 6.92 Å². The first-order valence-corrected chi connectivity index (χ1v) is 5.90. The van der Waals surface area contributed by atoms with E-state index >= 15 is 0 Å². The molecule has 0 amide bonds. The molecule has 2 aromatic rings. The van der Waals surface area contributed by atoms with Crippen molar-refractivity contribution >= 4 is 6.29 Å². The molecular weight excluding hydrogens is 240 g/mol. The maximum absolute atomic E-state index is 10.2. The highest BCUT2D eigenvalue weighted by Crippen LogP contribution is 2.14. The second-order valence-corrected chi connectivity index (χ2v) is 3.86. The van der Waals surface area contributed by atoms with Crippen molar-refractivity contribution in [1.82, 2.24) is 0 Å². The highest BCUT2D eigenvalue weighted by atomic mass is 16.5. The van der Waals surface area contributed by atoms with Gasteiger partial charge in [-0.1, -0.05) is 18.2 Å². The number of hydrogen-bond acceptors (Lipinski definition) is 3. The Morgan fingerprint density at radius 1 is 0.895 bits per heavy atom. The van der Waals surface area contributed by atoms with Crippen molar-refractivity contribution in [3.8, 4) is 11.5 Å². The molecule has 0 radical (unpaired) electrons. The predicted molar refractivity (Wildman–Crippen MR) is 76.1 cm³/mol. The van der Waals surface area contributed by atoms with Gasteiger partial charge >= 0.3 is 0 Å². The molecule has 0 saturated heterocycles. The van der Waals surface area contributed by atoms with Crippen LogP contribution < -0.4 is 9.47 Å². The Labute approximate surface area is 113 Å². The molecule has 0 saturated carbocycles. The summed E-state index contributed by atoms with van der Waals surface area (Å²) in [4.78, 5) is 10.2. The molecule has 0 unspecified atom stereocenters. The topological polar surface area (TPSA) is 35.5 Å². The zero-order valence-electron chi connectivity index (χ0n) is 11.4. The first-order valence-electron chi connectivity index (χ1n) is 5.90. The Balaban J connectivity index is 0.000000191. The minimum absolute atomic E-state index is 0.667. The van der Waals surface area contributed by atoms with Gasteiger partial charge in [0.2, 0.25) is 0 Å². The van der Waals surface area contributed by atoms with E-state index in [1.807, 2.05) is 31.2 Å². The average molecular weight is 258 g/mol. The third kappa shape index (κ3) is 4.84. The lowest BCUT2D eigenvalue weighted by Crippen LogP contribution is -1.84. The third-order valence-corrected chi connectivity index (χ3v) is 2.57. The molecule has 0 bridgehead atoms. The summed E-state index contributed by atoms with van der Waals surface area (Å²) in [5, 5.41) is 0. The molecule has 3 heteroatoms. The van der Waals surface area contributed by atoms with E-state index in [-0.39, 0.29) is 0 Å². The minimum atomic E-state index is 0.667. The van der Waals surface area contributed by atoms with Crippen LogP contribution in [-0.2, 0) is 0 Å². The van der Waals surface area contributed by atoms with Crippen LogP contribution in [0, 0.1) is 6.92 Å². The number of rotatable bonds is 3. The predicted octanol–water partition coefficient (Wildman–Crippen LogP) is 3.51. The number of hydrogen-bond donors (Lipinski definition) is 0. The van der Waals surface area contributed by atoms with E-state index in [9.17, 15) is 4.79 Å². The molecule has 0 spiro atoms. The first-order chi connectivity index (χ1) is 9.21. The van der Waals surface area contributed by atoms with Gasteiger partial charge in [-0.2, -0.15) is 0 Å². The lowest BCUT2D eigenvalue weighted by atomic mass is 10.2. The number of ether oxygens (including phenoxy) is 2. The third-order valence-electron chi connectivity index (χ3n) is 2.57. The summed E-state index contributed by atoms with van der Waals surface area (Å²) in [5.74, 6) is 1.73. The van der Waals surface area contributed by atoms with Gasteiger partial charge < -0.3 is 9.47 Å². The summed E-state index contributed by atoms with van der Waals surface area (Å²) < 4.78 is 9.94. The summed E-state index contributed by atoms with van der Waals surface area (Å²) in [7, 11) is 3.28. The second-order valence-electron chi connectivity index (χ2n) is 3.86. The van der Waals surface area contributed by atoms with Crippen LogP contribution in [0.3, 0.4) is 0 Å². The van der Waals surface area contributed by atoms with Crippen LogP contribution >= 0.6 is 0 Å². The van der Waals surface area contributed by atoms with E-state index in [0.29, 0.717) is 5.56 Å². The quantitative estimate of drug-likeness (QED) is 0.790. The number of carbonyl (C=O) groups excluding carboxylic acids is 1. The molecule has 2 rings (SSSR count). The van der Waals surface area contributed by atoms with Gasteiger partial charge in [-0.15, -0.1) is 0 Å². The SMILES string of the molecule is COc1ccc(C=O)cc1.COc1ccccc1C. The van der Waals surface area contributed by atoms with Crippen LogP contribution in [0.15, 0.2) is 48.5 Å². The van der Waals surface area contributed by atoms with Gasteiger partial charge in [0, 0.05) is 5.56 Å². The highest BCUT2D eigenvalue weighted by Gasteiger charge is 1.91. The van der Waals surface area contributed by atoms with Gasteiger partial charge in [0.05, 0.1) is 14.2 Å². The Hall–Kier alpha value is -2.29. The monoisotopic (exact) mass is 258 g/mol. The molecule has 0 heterocycles. The van der Waals surface area contributed by atoms with Crippen molar-refractivity contribution in [2.24, 2.45) is 0 Å². The van der Waals surface area contributed by atoms with Crippen LogP contribution in [0.4, 0.5) is 0 Å². The van der Waals surface area contributed by atoms with E-state index in [2.05, 4.69) is 0 Å². The van der Waals surface area contributed by atoms with E-state index in [1.54, 1.807) is 38.5 Å². The largest absolute Gasteiger partial charge is 0.497 e. The fourth-order valence-electron chi connectivity index (χ4n) is 1.47. The van der Waals surface area contributed by atoms with Crippen molar-refractivity contribution in [2.75, 3.05) is 14.2 Å². The Morgan fingerprint density at radius 3 is 1.95 bits per heavy atom. The van der Waals surface area contributed by atoms with E-state index in [0.717, 1.165) is 17.8 Å². The van der Waals surface area contributed by atoms with Crippen molar-refractivity contribution in [3.63, 3.8) is 0 Å². The molecule has 19 heavy (non-hydrogen) atoms. The van der Waals surface area contributed by atoms with Crippen molar-refractivity contribution in [3.05, 3.63) is 59.7 Å². The smallest absolute Gasteiger partial charge is 0.150 e. The van der Waals surface area contributed by atoms with E-state index < -0.39 is 0 Å². The standard InChI is InChI=1S/C8H8O2.C8H10O/c1-10-8-4-2-7(6-9)3-5-8;1-7-5-3-4-6-8(7)9-2/h2-6H,1H3;3-6H,1-2H3. The number of aryl methyl sites for hydroxylation is 1. The first kappa shape index (κ1) is 14.8. The molecule has 0 fully saturated rings. The summed E-state index contributed by atoms with van der Waals surface area (Å²) in [5.41, 5.74) is 1.85. The normalized spacial score (nSPS) is 9.00. The summed E-state index contributed by atoms with van der Waals surface area (Å²) in [6.07, 6.45) is 0.805. The molecule has 0 aliphatic carbocycles. The lowest BCUT2D eigenvalue weighted by molar-refractivity contribution is 0.112. The Kier molecular flexibility index (Phi) is 6.16. The van der Waals surface area contributed by atoms with Gasteiger partial charge in [0.1, 0.15) is 17.8 Å². The Morgan fingerprint density at radius 2 is 1.53 bits per heavy atom. The van der Waals surface area contributed by atoms with Crippen LogP contribution in [-0.4, -0.2) is 20.5 Å². The second kappa shape index (κ2) is 7.93. The molecule has 0 atom stereocenters. The van der Waals surface area contributed by atoms with E-state index in [4.69, 9.17) is 9.47 Å². The van der Waals surface area contributed by atoms with Crippen LogP contribution in [0.25, 0.3) is 0 Å². The number of para-hydroxylation sites is 1. The zero-order chi connectivity index (χ0) is 14.1.